The molecule has 1 aromatic carbocycles. The van der Waals surface area contributed by atoms with E-state index in [-0.39, 0.29) is 23.4 Å². The summed E-state index contributed by atoms with van der Waals surface area (Å²) in [6.45, 7) is 1.96. The molecule has 0 unspecified atom stereocenters. The van der Waals surface area contributed by atoms with Gasteiger partial charge in [-0.3, -0.25) is 4.79 Å². The minimum atomic E-state index is -1.30. The van der Waals surface area contributed by atoms with Crippen LogP contribution in [0, 0.1) is 17.3 Å². The van der Waals surface area contributed by atoms with E-state index in [9.17, 15) is 20.1 Å². The van der Waals surface area contributed by atoms with Crippen LogP contribution in [0.3, 0.4) is 0 Å². The van der Waals surface area contributed by atoms with Gasteiger partial charge in [0.2, 0.25) is 0 Å². The first-order chi connectivity index (χ1) is 10.4. The first-order valence-corrected chi connectivity index (χ1v) is 8.13. The lowest BCUT2D eigenvalue weighted by Gasteiger charge is -2.55. The van der Waals surface area contributed by atoms with Gasteiger partial charge >= 0.3 is 0 Å². The minimum absolute atomic E-state index is 0.0928. The fraction of sp³-hybridized carbons (Fsp3) is 0.611. The number of benzene rings is 1. The molecule has 118 valence electrons. The number of ketones is 1. The van der Waals surface area contributed by atoms with Crippen LogP contribution in [-0.4, -0.2) is 27.2 Å². The fourth-order valence-electron chi connectivity index (χ4n) is 5.41. The van der Waals surface area contributed by atoms with Crippen molar-refractivity contribution in [3.63, 3.8) is 0 Å². The molecule has 3 N–H and O–H groups in total. The van der Waals surface area contributed by atoms with Crippen molar-refractivity contribution in [2.45, 2.75) is 50.7 Å². The summed E-state index contributed by atoms with van der Waals surface area (Å²) in [4.78, 5) is 12.3. The maximum atomic E-state index is 12.3. The predicted molar refractivity (Wildman–Crippen MR) is 80.3 cm³/mol. The number of aliphatic hydroxyl groups excluding tert-OH is 1. The van der Waals surface area contributed by atoms with Crippen molar-refractivity contribution in [2.75, 3.05) is 0 Å². The van der Waals surface area contributed by atoms with E-state index in [1.165, 1.54) is 0 Å². The summed E-state index contributed by atoms with van der Waals surface area (Å²) in [6, 6.07) is 4.99. The Hall–Kier alpha value is -1.39. The van der Waals surface area contributed by atoms with Crippen LogP contribution in [0.25, 0.3) is 0 Å². The van der Waals surface area contributed by atoms with Crippen molar-refractivity contribution in [1.29, 1.82) is 0 Å². The summed E-state index contributed by atoms with van der Waals surface area (Å²) >= 11 is 0. The number of phenols is 1. The number of phenolic OH excluding ortho intramolecular Hbond substituents is 1. The highest BCUT2D eigenvalue weighted by molar-refractivity contribution is 5.87. The molecule has 0 spiro atoms. The standard InChI is InChI=1S/C18H22O4/c1-17-9-16(21)18(22)12-5-3-11(19)8-10(12)2-4-14(18)13(17)6-7-15(17)20/h3,5,8,13-14,16,19,21-22H,2,4,6-7,9H2,1H3/t13-,14-,16+,17-,18-/m0/s1. The zero-order chi connectivity index (χ0) is 15.7. The average molecular weight is 302 g/mol. The van der Waals surface area contributed by atoms with Gasteiger partial charge in [0.15, 0.2) is 0 Å². The average Bonchev–Trinajstić information content (AvgIpc) is 2.75. The number of Topliss-reactive ketones (excluding diaryl/α,β-unsaturated/α-hetero) is 1. The molecule has 3 aliphatic carbocycles. The highest BCUT2D eigenvalue weighted by Crippen LogP contribution is 2.61. The second kappa shape index (κ2) is 4.33. The summed E-state index contributed by atoms with van der Waals surface area (Å²) in [5.41, 5.74) is -0.151. The topological polar surface area (TPSA) is 77.8 Å². The van der Waals surface area contributed by atoms with Gasteiger partial charge in [0, 0.05) is 11.8 Å². The minimum Gasteiger partial charge on any atom is -0.508 e. The summed E-state index contributed by atoms with van der Waals surface area (Å²) in [6.07, 6.45) is 2.26. The Bertz CT molecular complexity index is 654. The van der Waals surface area contributed by atoms with Crippen molar-refractivity contribution >= 4 is 5.78 Å². The second-order valence-corrected chi connectivity index (χ2v) is 7.52. The number of fused-ring (bicyclic) bond motifs is 5. The second-order valence-electron chi connectivity index (χ2n) is 7.52. The number of aliphatic hydroxyl groups is 2. The van der Waals surface area contributed by atoms with Crippen molar-refractivity contribution < 1.29 is 20.1 Å². The van der Waals surface area contributed by atoms with Crippen LogP contribution in [0.15, 0.2) is 18.2 Å². The summed E-state index contributed by atoms with van der Waals surface area (Å²) in [5.74, 6) is 0.460. The SMILES string of the molecule is C[C@]12C[C@@H](O)[C@]3(O)c4ccc(O)cc4CC[C@H]3[C@@H]1CCC2=O. The van der Waals surface area contributed by atoms with E-state index in [0.29, 0.717) is 12.8 Å². The summed E-state index contributed by atoms with van der Waals surface area (Å²) in [7, 11) is 0. The van der Waals surface area contributed by atoms with Crippen LogP contribution in [0.2, 0.25) is 0 Å². The molecule has 3 aliphatic rings. The molecule has 0 bridgehead atoms. The Morgan fingerprint density at radius 3 is 2.68 bits per heavy atom. The first-order valence-electron chi connectivity index (χ1n) is 8.13. The van der Waals surface area contributed by atoms with Gasteiger partial charge in [0.25, 0.3) is 0 Å². The highest BCUT2D eigenvalue weighted by atomic mass is 16.3. The molecule has 4 nitrogen and oxygen atoms in total. The molecule has 0 amide bonds. The van der Waals surface area contributed by atoms with Crippen molar-refractivity contribution in [3.05, 3.63) is 29.3 Å². The highest BCUT2D eigenvalue weighted by Gasteiger charge is 2.63. The van der Waals surface area contributed by atoms with E-state index < -0.39 is 17.1 Å². The predicted octanol–water partition coefficient (Wildman–Crippen LogP) is 1.89. The lowest BCUT2D eigenvalue weighted by molar-refractivity contribution is -0.197. The summed E-state index contributed by atoms with van der Waals surface area (Å²) < 4.78 is 0. The van der Waals surface area contributed by atoms with Gasteiger partial charge in [0.05, 0.1) is 6.10 Å². The maximum Gasteiger partial charge on any atom is 0.139 e. The summed E-state index contributed by atoms with van der Waals surface area (Å²) in [5, 5.41) is 31.8. The van der Waals surface area contributed by atoms with Crippen LogP contribution >= 0.6 is 0 Å². The molecule has 2 saturated carbocycles. The molecule has 0 aromatic heterocycles. The molecular weight excluding hydrogens is 280 g/mol. The Balaban J connectivity index is 1.85. The monoisotopic (exact) mass is 302 g/mol. The van der Waals surface area contributed by atoms with E-state index in [1.807, 2.05) is 6.92 Å². The van der Waals surface area contributed by atoms with Crippen LogP contribution in [0.1, 0.15) is 43.7 Å². The van der Waals surface area contributed by atoms with Gasteiger partial charge < -0.3 is 15.3 Å². The molecule has 4 heteroatoms. The lowest BCUT2D eigenvalue weighted by atomic mass is 9.52. The number of hydrogen-bond acceptors (Lipinski definition) is 4. The third kappa shape index (κ3) is 1.57. The van der Waals surface area contributed by atoms with E-state index in [1.54, 1.807) is 18.2 Å². The largest absolute Gasteiger partial charge is 0.508 e. The number of aromatic hydroxyl groups is 1. The molecule has 1 aromatic rings. The molecule has 0 radical (unpaired) electrons. The smallest absolute Gasteiger partial charge is 0.139 e. The van der Waals surface area contributed by atoms with Crippen molar-refractivity contribution in [2.24, 2.45) is 17.3 Å². The fourth-order valence-corrected chi connectivity index (χ4v) is 5.41. The van der Waals surface area contributed by atoms with E-state index in [0.717, 1.165) is 30.4 Å². The van der Waals surface area contributed by atoms with Crippen molar-refractivity contribution in [3.8, 4) is 5.75 Å². The molecular formula is C18H22O4. The van der Waals surface area contributed by atoms with Gasteiger partial charge in [-0.05, 0) is 60.8 Å². The van der Waals surface area contributed by atoms with E-state index >= 15 is 0 Å². The van der Waals surface area contributed by atoms with Crippen LogP contribution in [0.5, 0.6) is 5.75 Å². The Morgan fingerprint density at radius 1 is 1.18 bits per heavy atom. The quantitative estimate of drug-likeness (QED) is 0.684. The molecule has 5 atom stereocenters. The molecule has 2 fully saturated rings. The number of aryl methyl sites for hydroxylation is 1. The van der Waals surface area contributed by atoms with Gasteiger partial charge in [-0.2, -0.15) is 0 Å². The van der Waals surface area contributed by atoms with Gasteiger partial charge in [0.1, 0.15) is 17.1 Å². The molecule has 0 saturated heterocycles. The number of rotatable bonds is 0. The zero-order valence-corrected chi connectivity index (χ0v) is 12.7. The van der Waals surface area contributed by atoms with Gasteiger partial charge in [-0.1, -0.05) is 13.0 Å². The van der Waals surface area contributed by atoms with Crippen LogP contribution in [-0.2, 0) is 16.8 Å². The number of carbonyl (C=O) groups excluding carboxylic acids is 1. The van der Waals surface area contributed by atoms with E-state index in [4.69, 9.17) is 0 Å². The van der Waals surface area contributed by atoms with Crippen molar-refractivity contribution in [1.82, 2.24) is 0 Å². The van der Waals surface area contributed by atoms with Gasteiger partial charge in [-0.15, -0.1) is 0 Å². The van der Waals surface area contributed by atoms with E-state index in [2.05, 4.69) is 0 Å². The Labute approximate surface area is 129 Å². The maximum absolute atomic E-state index is 12.3. The van der Waals surface area contributed by atoms with Crippen LogP contribution < -0.4 is 0 Å². The Kier molecular flexibility index (Phi) is 2.80. The first kappa shape index (κ1) is 14.2. The number of carbonyl (C=O) groups is 1. The molecule has 0 aliphatic heterocycles. The third-order valence-corrected chi connectivity index (χ3v) is 6.56. The Morgan fingerprint density at radius 2 is 1.91 bits per heavy atom. The molecule has 0 heterocycles. The van der Waals surface area contributed by atoms with Crippen LogP contribution in [0.4, 0.5) is 0 Å². The third-order valence-electron chi connectivity index (χ3n) is 6.56. The number of hydrogen-bond donors (Lipinski definition) is 3. The van der Waals surface area contributed by atoms with Gasteiger partial charge in [-0.25, -0.2) is 0 Å². The normalized spacial score (nSPS) is 43.4. The lowest BCUT2D eigenvalue weighted by Crippen LogP contribution is -2.59. The molecule has 4 rings (SSSR count). The zero-order valence-electron chi connectivity index (χ0n) is 12.7. The molecule has 22 heavy (non-hydrogen) atoms.